The van der Waals surface area contributed by atoms with Gasteiger partial charge in [-0.3, -0.25) is 0 Å². The van der Waals surface area contributed by atoms with Gasteiger partial charge in [0.2, 0.25) is 0 Å². The molecule has 42 heavy (non-hydrogen) atoms. The molecule has 2 aromatic carbocycles. The highest BCUT2D eigenvalue weighted by atomic mass is 32.1. The highest BCUT2D eigenvalue weighted by Gasteiger charge is 2.17. The van der Waals surface area contributed by atoms with Crippen LogP contribution in [0.2, 0.25) is 0 Å². The maximum absolute atomic E-state index is 11.1. The van der Waals surface area contributed by atoms with Crippen LogP contribution >= 0.6 is 22.7 Å². The summed E-state index contributed by atoms with van der Waals surface area (Å²) in [6.45, 7) is 0. The molecule has 8 heteroatoms. The van der Waals surface area contributed by atoms with E-state index < -0.39 is 5.97 Å². The minimum Gasteiger partial charge on any atom is -0.497 e. The number of aromatic nitrogens is 1. The van der Waals surface area contributed by atoms with Crippen molar-refractivity contribution in [3.63, 3.8) is 0 Å². The molecule has 208 valence electrons. The molecule has 0 bridgehead atoms. The van der Waals surface area contributed by atoms with Crippen LogP contribution in [0.3, 0.4) is 0 Å². The Labute approximate surface area is 251 Å². The molecule has 3 heterocycles. The second kappa shape index (κ2) is 11.6. The van der Waals surface area contributed by atoms with Crippen LogP contribution in [0.15, 0.2) is 90.0 Å². The molecule has 0 aliphatic heterocycles. The maximum atomic E-state index is 11.1. The van der Waals surface area contributed by atoms with Gasteiger partial charge in [0, 0.05) is 36.0 Å². The van der Waals surface area contributed by atoms with Crippen molar-refractivity contribution in [1.29, 1.82) is 5.26 Å². The number of fused-ring (bicyclic) bond motifs is 3. The van der Waals surface area contributed by atoms with Gasteiger partial charge in [0.15, 0.2) is 0 Å². The van der Waals surface area contributed by atoms with Gasteiger partial charge in [0.05, 0.1) is 25.3 Å². The number of carbonyl (C=O) groups is 1. The van der Waals surface area contributed by atoms with E-state index in [2.05, 4.69) is 65.3 Å². The molecule has 0 saturated carbocycles. The first-order valence-electron chi connectivity index (χ1n) is 13.3. The predicted molar refractivity (Wildman–Crippen MR) is 172 cm³/mol. The van der Waals surface area contributed by atoms with Gasteiger partial charge >= 0.3 is 5.97 Å². The number of ether oxygens (including phenoxy) is 2. The monoisotopic (exact) mass is 590 g/mol. The third kappa shape index (κ3) is 5.28. The zero-order chi connectivity index (χ0) is 29.2. The van der Waals surface area contributed by atoms with E-state index in [4.69, 9.17) is 19.8 Å². The molecule has 1 aliphatic carbocycles. The Balaban J connectivity index is 1.24. The van der Waals surface area contributed by atoms with Gasteiger partial charge in [0.1, 0.15) is 23.1 Å². The number of methoxy groups -OCH3 is 2. The number of carboxylic acids is 1. The molecular formula is C34H26N2O4S2. The summed E-state index contributed by atoms with van der Waals surface area (Å²) in [5, 5.41) is 20.4. The number of benzene rings is 2. The van der Waals surface area contributed by atoms with Crippen molar-refractivity contribution in [2.45, 2.75) is 12.8 Å². The van der Waals surface area contributed by atoms with Crippen LogP contribution < -0.4 is 9.47 Å². The summed E-state index contributed by atoms with van der Waals surface area (Å²) in [6, 6.07) is 22.1. The molecule has 1 N–H and O–H groups in total. The number of nitrogens with zero attached hydrogens (tertiary/aromatic N) is 2. The van der Waals surface area contributed by atoms with E-state index >= 15 is 0 Å². The van der Waals surface area contributed by atoms with Gasteiger partial charge in [-0.25, -0.2) is 4.79 Å². The normalized spacial score (nSPS) is 13.8. The van der Waals surface area contributed by atoms with Crippen molar-refractivity contribution in [2.75, 3.05) is 14.2 Å². The molecule has 0 spiro atoms. The van der Waals surface area contributed by atoms with Gasteiger partial charge in [0.25, 0.3) is 0 Å². The van der Waals surface area contributed by atoms with Crippen LogP contribution in [0.5, 0.6) is 11.5 Å². The fraction of sp³-hybridized carbons (Fsp3) is 0.118. The van der Waals surface area contributed by atoms with Crippen molar-refractivity contribution in [1.82, 2.24) is 4.57 Å². The number of thiophene rings is 2. The highest BCUT2D eigenvalue weighted by molar-refractivity contribution is 7.22. The van der Waals surface area contributed by atoms with Crippen LogP contribution in [0, 0.1) is 11.3 Å². The predicted octanol–water partition coefficient (Wildman–Crippen LogP) is 8.87. The first-order chi connectivity index (χ1) is 20.5. The first kappa shape index (κ1) is 27.3. The standard InChI is InChI=1S/C34H26N2O4S2/c1-39-24-8-13-30-28(18-24)29-19-25(40-2)9-14-31(29)36(30)23-6-3-21(4-7-23)5-10-26-11-15-32(41-26)33-16-12-27(42-33)17-22(20-35)34(37)38/h3,5-6,8-19H,4,7H2,1-2H3,(H,37,38)/b10-5+,22-17+. The third-order valence-corrected chi connectivity index (χ3v) is 9.50. The number of aliphatic carboxylic acids is 1. The molecule has 5 aromatic rings. The van der Waals surface area contributed by atoms with Gasteiger partial charge in [-0.2, -0.15) is 5.26 Å². The Morgan fingerprint density at radius 3 is 2.02 bits per heavy atom. The van der Waals surface area contributed by atoms with E-state index in [1.54, 1.807) is 31.6 Å². The Hall–Kier alpha value is -4.84. The molecule has 0 saturated heterocycles. The molecule has 0 fully saturated rings. The summed E-state index contributed by atoms with van der Waals surface area (Å²) < 4.78 is 13.4. The van der Waals surface area contributed by atoms with Crippen molar-refractivity contribution >= 4 is 68.3 Å². The Kier molecular flexibility index (Phi) is 7.53. The SMILES string of the molecule is COc1ccc2c(c1)c1cc(OC)ccc1n2C1=CC=C(/C=C/c2ccc(-c3ccc(/C=C(\C#N)C(=O)O)s3)s2)CC1. The van der Waals surface area contributed by atoms with E-state index in [1.165, 1.54) is 28.7 Å². The molecule has 0 unspecified atom stereocenters. The zero-order valence-corrected chi connectivity index (χ0v) is 24.6. The third-order valence-electron chi connectivity index (χ3n) is 7.22. The van der Waals surface area contributed by atoms with E-state index in [0.717, 1.165) is 65.7 Å². The highest BCUT2D eigenvalue weighted by Crippen LogP contribution is 2.39. The Bertz CT molecular complexity index is 1950. The van der Waals surface area contributed by atoms with E-state index in [0.29, 0.717) is 0 Å². The lowest BCUT2D eigenvalue weighted by Gasteiger charge is -2.16. The maximum Gasteiger partial charge on any atom is 0.346 e. The number of rotatable bonds is 8. The summed E-state index contributed by atoms with van der Waals surface area (Å²) in [5.74, 6) is 0.439. The van der Waals surface area contributed by atoms with E-state index in [-0.39, 0.29) is 5.57 Å². The quantitative estimate of drug-likeness (QED) is 0.144. The largest absolute Gasteiger partial charge is 0.497 e. The average Bonchev–Trinajstić information content (AvgIpc) is 3.76. The van der Waals surface area contributed by atoms with Crippen LogP contribution in [-0.4, -0.2) is 29.9 Å². The Morgan fingerprint density at radius 2 is 1.48 bits per heavy atom. The number of hydrogen-bond donors (Lipinski definition) is 1. The minimum absolute atomic E-state index is 0.269. The van der Waals surface area contributed by atoms with Gasteiger partial charge in [-0.05, 0) is 97.3 Å². The fourth-order valence-corrected chi connectivity index (χ4v) is 7.08. The summed E-state index contributed by atoms with van der Waals surface area (Å²) in [6.07, 6.45) is 12.0. The second-order valence-electron chi connectivity index (χ2n) is 9.71. The molecule has 6 nitrogen and oxygen atoms in total. The minimum atomic E-state index is -1.22. The summed E-state index contributed by atoms with van der Waals surface area (Å²) >= 11 is 3.15. The van der Waals surface area contributed by atoms with Crippen LogP contribution in [0.4, 0.5) is 0 Å². The number of allylic oxidation sites excluding steroid dienone is 5. The topological polar surface area (TPSA) is 84.5 Å². The summed E-state index contributed by atoms with van der Waals surface area (Å²) in [5.41, 5.74) is 4.52. The summed E-state index contributed by atoms with van der Waals surface area (Å²) in [4.78, 5) is 15.2. The average molecular weight is 591 g/mol. The fourth-order valence-electron chi connectivity index (χ4n) is 5.12. The van der Waals surface area contributed by atoms with E-state index in [1.807, 2.05) is 24.3 Å². The molecule has 6 rings (SSSR count). The lowest BCUT2D eigenvalue weighted by molar-refractivity contribution is -0.132. The van der Waals surface area contributed by atoms with Crippen molar-refractivity contribution < 1.29 is 19.4 Å². The first-order valence-corrected chi connectivity index (χ1v) is 14.9. The van der Waals surface area contributed by atoms with E-state index in [9.17, 15) is 4.79 Å². The summed E-state index contributed by atoms with van der Waals surface area (Å²) in [7, 11) is 3.38. The number of carboxylic acid groups (broad SMARTS) is 1. The number of hydrogen-bond acceptors (Lipinski definition) is 6. The van der Waals surface area contributed by atoms with Crippen molar-refractivity contribution in [3.8, 4) is 27.3 Å². The molecular weight excluding hydrogens is 565 g/mol. The van der Waals surface area contributed by atoms with Crippen LogP contribution in [0.25, 0.3) is 49.4 Å². The second-order valence-corrected chi connectivity index (χ2v) is 11.9. The lowest BCUT2D eigenvalue weighted by Crippen LogP contribution is -2.00. The number of nitriles is 1. The molecule has 0 atom stereocenters. The molecule has 1 aliphatic rings. The molecule has 0 radical (unpaired) electrons. The van der Waals surface area contributed by atoms with Crippen LogP contribution in [-0.2, 0) is 4.79 Å². The van der Waals surface area contributed by atoms with Gasteiger partial charge in [-0.15, -0.1) is 22.7 Å². The van der Waals surface area contributed by atoms with Crippen molar-refractivity contribution in [3.05, 3.63) is 99.8 Å². The van der Waals surface area contributed by atoms with Crippen molar-refractivity contribution in [2.24, 2.45) is 0 Å². The smallest absolute Gasteiger partial charge is 0.346 e. The Morgan fingerprint density at radius 1 is 0.857 bits per heavy atom. The van der Waals surface area contributed by atoms with Gasteiger partial charge < -0.3 is 19.1 Å². The zero-order valence-electron chi connectivity index (χ0n) is 23.0. The lowest BCUT2D eigenvalue weighted by atomic mass is 10.0. The molecule has 3 aromatic heterocycles. The molecule has 0 amide bonds. The van der Waals surface area contributed by atoms with Crippen LogP contribution in [0.1, 0.15) is 22.6 Å². The van der Waals surface area contributed by atoms with Gasteiger partial charge in [-0.1, -0.05) is 12.2 Å².